The molecule has 5 nitrogen and oxygen atoms in total. The second-order valence-electron chi connectivity index (χ2n) is 3.89. The first-order valence-electron chi connectivity index (χ1n) is 5.79. The quantitative estimate of drug-likeness (QED) is 0.621. The highest BCUT2D eigenvalue weighted by Crippen LogP contribution is 2.18. The molecule has 0 radical (unpaired) electrons. The van der Waals surface area contributed by atoms with E-state index in [9.17, 15) is 14.5 Å². The van der Waals surface area contributed by atoms with E-state index in [1.165, 1.54) is 12.1 Å². The Morgan fingerprint density at radius 2 is 2.20 bits per heavy atom. The number of ether oxygens (including phenoxy) is 1. The number of hydrogen-bond acceptors (Lipinski definition) is 4. The van der Waals surface area contributed by atoms with Gasteiger partial charge in [0.2, 0.25) is 6.20 Å². The van der Waals surface area contributed by atoms with Gasteiger partial charge in [0.1, 0.15) is 18.2 Å². The van der Waals surface area contributed by atoms with E-state index in [0.29, 0.717) is 11.9 Å². The zero-order valence-electron chi connectivity index (χ0n) is 10.4. The lowest BCUT2D eigenvalue weighted by Crippen LogP contribution is -1.98. The molecule has 1 aromatic carbocycles. The molecule has 2 rings (SSSR count). The smallest absolute Gasteiger partial charge is 0.235 e. The summed E-state index contributed by atoms with van der Waals surface area (Å²) in [4.78, 5) is 13.6. The molecule has 1 heterocycles. The number of hydrogen-bond donors (Lipinski definition) is 0. The van der Waals surface area contributed by atoms with E-state index >= 15 is 0 Å². The standard InChI is InChI=1S/C14H11FN2O3/c15-14-9-13(5-4-11(14)6-8-17(18)19)20-10-12-3-1-2-7-16-12/h1-9H,10H2. The van der Waals surface area contributed by atoms with Crippen LogP contribution in [0.4, 0.5) is 4.39 Å². The summed E-state index contributed by atoms with van der Waals surface area (Å²) in [7, 11) is 0. The second kappa shape index (κ2) is 6.42. The maximum atomic E-state index is 13.7. The van der Waals surface area contributed by atoms with Gasteiger partial charge in [-0.3, -0.25) is 15.1 Å². The summed E-state index contributed by atoms with van der Waals surface area (Å²) in [5.41, 5.74) is 0.858. The van der Waals surface area contributed by atoms with Crippen molar-refractivity contribution in [3.63, 3.8) is 0 Å². The van der Waals surface area contributed by atoms with E-state index in [2.05, 4.69) is 4.98 Å². The Hall–Kier alpha value is -2.76. The van der Waals surface area contributed by atoms with Gasteiger partial charge >= 0.3 is 0 Å². The van der Waals surface area contributed by atoms with Crippen LogP contribution in [0.5, 0.6) is 5.75 Å². The van der Waals surface area contributed by atoms with Gasteiger partial charge in [0.25, 0.3) is 0 Å². The number of rotatable bonds is 5. The van der Waals surface area contributed by atoms with Crippen LogP contribution in [-0.2, 0) is 6.61 Å². The van der Waals surface area contributed by atoms with Crippen molar-refractivity contribution >= 4 is 6.08 Å². The van der Waals surface area contributed by atoms with Crippen LogP contribution in [0.1, 0.15) is 11.3 Å². The van der Waals surface area contributed by atoms with Crippen molar-refractivity contribution in [3.8, 4) is 5.75 Å². The molecule has 0 unspecified atom stereocenters. The van der Waals surface area contributed by atoms with Gasteiger partial charge < -0.3 is 4.74 Å². The third-order valence-corrected chi connectivity index (χ3v) is 2.46. The Morgan fingerprint density at radius 1 is 1.35 bits per heavy atom. The lowest BCUT2D eigenvalue weighted by atomic mass is 10.2. The predicted molar refractivity (Wildman–Crippen MR) is 71.0 cm³/mol. The van der Waals surface area contributed by atoms with Crippen LogP contribution in [0.2, 0.25) is 0 Å². The largest absolute Gasteiger partial charge is 0.487 e. The van der Waals surface area contributed by atoms with E-state index in [4.69, 9.17) is 4.74 Å². The van der Waals surface area contributed by atoms with Crippen LogP contribution in [0, 0.1) is 15.9 Å². The molecule has 102 valence electrons. The van der Waals surface area contributed by atoms with E-state index in [1.54, 1.807) is 24.4 Å². The summed E-state index contributed by atoms with van der Waals surface area (Å²) in [6.07, 6.45) is 3.43. The van der Waals surface area contributed by atoms with Gasteiger partial charge in [0.05, 0.1) is 10.6 Å². The first-order chi connectivity index (χ1) is 9.65. The van der Waals surface area contributed by atoms with Crippen molar-refractivity contribution in [1.82, 2.24) is 4.98 Å². The number of benzene rings is 1. The van der Waals surface area contributed by atoms with Gasteiger partial charge in [0, 0.05) is 23.9 Å². The summed E-state index contributed by atoms with van der Waals surface area (Å²) in [6, 6.07) is 9.57. The van der Waals surface area contributed by atoms with Crippen molar-refractivity contribution in [2.24, 2.45) is 0 Å². The van der Waals surface area contributed by atoms with E-state index < -0.39 is 10.7 Å². The second-order valence-corrected chi connectivity index (χ2v) is 3.89. The minimum absolute atomic E-state index is 0.131. The zero-order chi connectivity index (χ0) is 14.4. The van der Waals surface area contributed by atoms with Gasteiger partial charge in [-0.1, -0.05) is 6.07 Å². The third-order valence-electron chi connectivity index (χ3n) is 2.46. The average molecular weight is 274 g/mol. The maximum Gasteiger partial charge on any atom is 0.235 e. The SMILES string of the molecule is O=[N+]([O-])C=Cc1ccc(OCc2ccccn2)cc1F. The van der Waals surface area contributed by atoms with Crippen molar-refractivity contribution in [2.45, 2.75) is 6.61 Å². The summed E-state index contributed by atoms with van der Waals surface area (Å²) < 4.78 is 19.0. The molecule has 0 aliphatic carbocycles. The highest BCUT2D eigenvalue weighted by Gasteiger charge is 2.04. The third kappa shape index (κ3) is 3.88. The lowest BCUT2D eigenvalue weighted by Gasteiger charge is -2.06. The normalized spacial score (nSPS) is 10.7. The fraction of sp³-hybridized carbons (Fsp3) is 0.0714. The molecular formula is C14H11FN2O3. The Morgan fingerprint density at radius 3 is 2.85 bits per heavy atom. The Labute approximate surface area is 114 Å². The molecule has 0 aliphatic rings. The molecule has 1 aromatic heterocycles. The van der Waals surface area contributed by atoms with Gasteiger partial charge in [0.15, 0.2) is 0 Å². The van der Waals surface area contributed by atoms with Crippen LogP contribution in [0.3, 0.4) is 0 Å². The number of aromatic nitrogens is 1. The van der Waals surface area contributed by atoms with Crippen LogP contribution in [0.25, 0.3) is 6.08 Å². The molecule has 0 atom stereocenters. The number of nitrogens with zero attached hydrogens (tertiary/aromatic N) is 2. The molecular weight excluding hydrogens is 263 g/mol. The molecule has 0 bridgehead atoms. The Kier molecular flexibility index (Phi) is 4.39. The van der Waals surface area contributed by atoms with Crippen LogP contribution >= 0.6 is 0 Å². The maximum absolute atomic E-state index is 13.7. The van der Waals surface area contributed by atoms with Crippen LogP contribution in [-0.4, -0.2) is 9.91 Å². The van der Waals surface area contributed by atoms with Gasteiger partial charge in [-0.05, 0) is 24.3 Å². The molecule has 0 N–H and O–H groups in total. The zero-order valence-corrected chi connectivity index (χ0v) is 10.4. The summed E-state index contributed by atoms with van der Waals surface area (Å²) in [5, 5.41) is 10.2. The minimum Gasteiger partial charge on any atom is -0.487 e. The lowest BCUT2D eigenvalue weighted by molar-refractivity contribution is -0.400. The van der Waals surface area contributed by atoms with E-state index in [-0.39, 0.29) is 12.2 Å². The minimum atomic E-state index is -0.648. The van der Waals surface area contributed by atoms with Gasteiger partial charge in [-0.15, -0.1) is 0 Å². The van der Waals surface area contributed by atoms with Gasteiger partial charge in [-0.2, -0.15) is 0 Å². The molecule has 0 aliphatic heterocycles. The molecule has 0 saturated heterocycles. The van der Waals surface area contributed by atoms with E-state index in [0.717, 1.165) is 11.8 Å². The number of nitro groups is 1. The molecule has 6 heteroatoms. The molecule has 0 spiro atoms. The number of halogens is 1. The van der Waals surface area contributed by atoms with Crippen molar-refractivity contribution in [1.29, 1.82) is 0 Å². The fourth-order valence-electron chi connectivity index (χ4n) is 1.51. The fourth-order valence-corrected chi connectivity index (χ4v) is 1.51. The summed E-state index contributed by atoms with van der Waals surface area (Å²) >= 11 is 0. The van der Waals surface area contributed by atoms with Crippen molar-refractivity contribution < 1.29 is 14.1 Å². The molecule has 20 heavy (non-hydrogen) atoms. The van der Waals surface area contributed by atoms with Crippen molar-refractivity contribution in [3.05, 3.63) is 76.0 Å². The topological polar surface area (TPSA) is 65.3 Å². The monoisotopic (exact) mass is 274 g/mol. The first kappa shape index (κ1) is 13.7. The molecule has 0 saturated carbocycles. The summed E-state index contributed by atoms with van der Waals surface area (Å²) in [6.45, 7) is 0.227. The number of pyridine rings is 1. The Bertz CT molecular complexity index is 630. The highest BCUT2D eigenvalue weighted by atomic mass is 19.1. The predicted octanol–water partition coefficient (Wildman–Crippen LogP) is 3.05. The van der Waals surface area contributed by atoms with Crippen molar-refractivity contribution in [2.75, 3.05) is 0 Å². The Balaban J connectivity index is 2.04. The molecule has 0 amide bonds. The highest BCUT2D eigenvalue weighted by molar-refractivity contribution is 5.50. The average Bonchev–Trinajstić information content (AvgIpc) is 2.45. The molecule has 0 fully saturated rings. The van der Waals surface area contributed by atoms with Gasteiger partial charge in [-0.25, -0.2) is 4.39 Å². The van der Waals surface area contributed by atoms with Crippen LogP contribution < -0.4 is 4.74 Å². The van der Waals surface area contributed by atoms with E-state index in [1.807, 2.05) is 6.07 Å². The molecule has 2 aromatic rings. The van der Waals surface area contributed by atoms with Crippen LogP contribution in [0.15, 0.2) is 48.8 Å². The summed E-state index contributed by atoms with van der Waals surface area (Å²) in [5.74, 6) is -0.243. The first-order valence-corrected chi connectivity index (χ1v) is 5.79.